The van der Waals surface area contributed by atoms with Crippen molar-refractivity contribution in [2.24, 2.45) is 0 Å². The molecule has 0 spiro atoms. The molecular formula is C15H14N2O3. The van der Waals surface area contributed by atoms with E-state index in [4.69, 9.17) is 4.74 Å². The molecule has 2 aromatic heterocycles. The highest BCUT2D eigenvalue weighted by atomic mass is 16.5. The molecule has 0 aliphatic carbocycles. The predicted octanol–water partition coefficient (Wildman–Crippen LogP) is 2.01. The second-order valence-corrected chi connectivity index (χ2v) is 5.20. The van der Waals surface area contributed by atoms with Crippen molar-refractivity contribution < 1.29 is 9.84 Å². The molecule has 0 bridgehead atoms. The normalized spacial score (nSPS) is 16.0. The fraction of sp³-hybridized carbons (Fsp3) is 0.200. The van der Waals surface area contributed by atoms with Crippen molar-refractivity contribution in [3.05, 3.63) is 58.8 Å². The van der Waals surface area contributed by atoms with E-state index < -0.39 is 5.60 Å². The summed E-state index contributed by atoms with van der Waals surface area (Å²) in [5.74, 6) is 0.586. The van der Waals surface area contributed by atoms with Gasteiger partial charge >= 0.3 is 0 Å². The smallest absolute Gasteiger partial charge is 0.258 e. The summed E-state index contributed by atoms with van der Waals surface area (Å²) in [5.41, 5.74) is 0.690. The molecule has 0 amide bonds. The van der Waals surface area contributed by atoms with Gasteiger partial charge in [0.15, 0.2) is 0 Å². The van der Waals surface area contributed by atoms with Crippen LogP contribution in [-0.2, 0) is 0 Å². The summed E-state index contributed by atoms with van der Waals surface area (Å²) < 4.78 is 7.32. The summed E-state index contributed by atoms with van der Waals surface area (Å²) in [7, 11) is 0. The number of pyridine rings is 2. The van der Waals surface area contributed by atoms with Gasteiger partial charge in [0.25, 0.3) is 5.56 Å². The first kappa shape index (κ1) is 12.5. The molecule has 20 heavy (non-hydrogen) atoms. The fourth-order valence-corrected chi connectivity index (χ4v) is 2.26. The molecule has 5 nitrogen and oxygen atoms in total. The topological polar surface area (TPSA) is 64.4 Å². The number of aromatic hydroxyl groups is 1. The molecule has 0 saturated heterocycles. The van der Waals surface area contributed by atoms with E-state index in [0.29, 0.717) is 5.75 Å². The average Bonchev–Trinajstić information content (AvgIpc) is 2.37. The predicted molar refractivity (Wildman–Crippen MR) is 74.7 cm³/mol. The van der Waals surface area contributed by atoms with Gasteiger partial charge in [0, 0.05) is 24.0 Å². The van der Waals surface area contributed by atoms with E-state index in [-0.39, 0.29) is 11.3 Å². The van der Waals surface area contributed by atoms with E-state index in [1.807, 2.05) is 19.9 Å². The number of nitrogens with zero attached hydrogens (tertiary/aromatic N) is 2. The van der Waals surface area contributed by atoms with Gasteiger partial charge < -0.3 is 9.84 Å². The van der Waals surface area contributed by atoms with Gasteiger partial charge in [-0.15, -0.1) is 0 Å². The van der Waals surface area contributed by atoms with Crippen LogP contribution in [0.5, 0.6) is 11.5 Å². The Morgan fingerprint density at radius 2 is 2.15 bits per heavy atom. The highest BCUT2D eigenvalue weighted by molar-refractivity contribution is 5.73. The summed E-state index contributed by atoms with van der Waals surface area (Å²) in [4.78, 5) is 16.1. The Balaban J connectivity index is 2.25. The summed E-state index contributed by atoms with van der Waals surface area (Å²) in [6, 6.07) is 4.46. The first-order valence-corrected chi connectivity index (χ1v) is 6.25. The minimum atomic E-state index is -0.539. The zero-order valence-electron chi connectivity index (χ0n) is 11.2. The van der Waals surface area contributed by atoms with Crippen molar-refractivity contribution in [2.75, 3.05) is 0 Å². The van der Waals surface area contributed by atoms with E-state index in [0.717, 1.165) is 11.3 Å². The third-order valence-electron chi connectivity index (χ3n) is 3.08. The molecule has 0 radical (unpaired) electrons. The van der Waals surface area contributed by atoms with Crippen LogP contribution in [-0.4, -0.2) is 20.3 Å². The molecular weight excluding hydrogens is 256 g/mol. The standard InChI is InChI=1S/C15H14N2O3/c1-15(2)8-12(11-3-5-16-9-13(11)20-15)17-6-4-10(18)7-14(17)19/h3-9,18H,1-2H3. The SMILES string of the molecule is CC1(C)C=C(n2ccc(O)cc2=O)c2ccncc2O1. The Labute approximate surface area is 115 Å². The van der Waals surface area contributed by atoms with Gasteiger partial charge in [0.1, 0.15) is 17.1 Å². The van der Waals surface area contributed by atoms with Crippen molar-refractivity contribution >= 4 is 5.70 Å². The van der Waals surface area contributed by atoms with Gasteiger partial charge in [0.2, 0.25) is 0 Å². The third-order valence-corrected chi connectivity index (χ3v) is 3.08. The Morgan fingerprint density at radius 1 is 1.35 bits per heavy atom. The fourth-order valence-electron chi connectivity index (χ4n) is 2.26. The lowest BCUT2D eigenvalue weighted by Gasteiger charge is -2.31. The third kappa shape index (κ3) is 2.07. The minimum Gasteiger partial charge on any atom is -0.508 e. The zero-order valence-corrected chi connectivity index (χ0v) is 11.2. The lowest BCUT2D eigenvalue weighted by molar-refractivity contribution is 0.156. The molecule has 3 rings (SSSR count). The van der Waals surface area contributed by atoms with Crippen LogP contribution in [0.25, 0.3) is 5.70 Å². The molecule has 5 heteroatoms. The average molecular weight is 270 g/mol. The molecule has 0 unspecified atom stereocenters. The highest BCUT2D eigenvalue weighted by Gasteiger charge is 2.27. The lowest BCUT2D eigenvalue weighted by atomic mass is 10.00. The van der Waals surface area contributed by atoms with Crippen molar-refractivity contribution in [1.29, 1.82) is 0 Å². The summed E-state index contributed by atoms with van der Waals surface area (Å²) in [6.45, 7) is 3.82. The summed E-state index contributed by atoms with van der Waals surface area (Å²) in [6.07, 6.45) is 6.72. The van der Waals surface area contributed by atoms with Gasteiger partial charge in [-0.1, -0.05) is 0 Å². The van der Waals surface area contributed by atoms with Gasteiger partial charge in [-0.2, -0.15) is 0 Å². The maximum Gasteiger partial charge on any atom is 0.258 e. The van der Waals surface area contributed by atoms with Gasteiger partial charge in [-0.3, -0.25) is 14.3 Å². The minimum absolute atomic E-state index is 0.0480. The van der Waals surface area contributed by atoms with E-state index in [1.165, 1.54) is 16.7 Å². The second kappa shape index (κ2) is 4.23. The molecule has 102 valence electrons. The summed E-state index contributed by atoms with van der Waals surface area (Å²) in [5, 5.41) is 9.37. The maximum atomic E-state index is 12.1. The number of rotatable bonds is 1. The molecule has 0 saturated carbocycles. The van der Waals surface area contributed by atoms with Gasteiger partial charge in [0.05, 0.1) is 11.9 Å². The van der Waals surface area contributed by atoms with E-state index in [2.05, 4.69) is 4.98 Å². The first-order chi connectivity index (χ1) is 9.46. The van der Waals surface area contributed by atoms with Crippen LogP contribution in [0.4, 0.5) is 0 Å². The molecule has 2 aromatic rings. The van der Waals surface area contributed by atoms with Gasteiger partial charge in [-0.25, -0.2) is 0 Å². The molecule has 1 aliphatic rings. The van der Waals surface area contributed by atoms with E-state index >= 15 is 0 Å². The largest absolute Gasteiger partial charge is 0.508 e. The van der Waals surface area contributed by atoms with Crippen LogP contribution < -0.4 is 10.3 Å². The molecule has 3 heterocycles. The van der Waals surface area contributed by atoms with Crippen LogP contribution in [0.3, 0.4) is 0 Å². The van der Waals surface area contributed by atoms with Crippen LogP contribution in [0.15, 0.2) is 47.7 Å². The lowest BCUT2D eigenvalue weighted by Crippen LogP contribution is -2.32. The van der Waals surface area contributed by atoms with Crippen molar-refractivity contribution in [2.45, 2.75) is 19.4 Å². The first-order valence-electron chi connectivity index (χ1n) is 6.25. The maximum absolute atomic E-state index is 12.1. The number of ether oxygens (including phenoxy) is 1. The Morgan fingerprint density at radius 3 is 2.90 bits per heavy atom. The molecule has 0 atom stereocenters. The van der Waals surface area contributed by atoms with Crippen molar-refractivity contribution in [1.82, 2.24) is 9.55 Å². The zero-order chi connectivity index (χ0) is 14.3. The second-order valence-electron chi connectivity index (χ2n) is 5.20. The van der Waals surface area contributed by atoms with Crippen LogP contribution >= 0.6 is 0 Å². The number of fused-ring (bicyclic) bond motifs is 1. The van der Waals surface area contributed by atoms with Crippen LogP contribution in [0, 0.1) is 0 Å². The highest BCUT2D eigenvalue weighted by Crippen LogP contribution is 2.35. The Hall–Kier alpha value is -2.56. The molecule has 0 aromatic carbocycles. The number of aromatic nitrogens is 2. The number of hydrogen-bond donors (Lipinski definition) is 1. The summed E-state index contributed by atoms with van der Waals surface area (Å²) >= 11 is 0. The monoisotopic (exact) mass is 270 g/mol. The van der Waals surface area contributed by atoms with Gasteiger partial charge in [-0.05, 0) is 32.1 Å². The number of hydrogen-bond acceptors (Lipinski definition) is 4. The Kier molecular flexibility index (Phi) is 2.64. The van der Waals surface area contributed by atoms with Crippen molar-refractivity contribution in [3.63, 3.8) is 0 Å². The van der Waals surface area contributed by atoms with Crippen LogP contribution in [0.2, 0.25) is 0 Å². The molecule has 1 N–H and O–H groups in total. The van der Waals surface area contributed by atoms with E-state index in [9.17, 15) is 9.90 Å². The van der Waals surface area contributed by atoms with Crippen molar-refractivity contribution in [3.8, 4) is 11.5 Å². The molecule has 1 aliphatic heterocycles. The van der Waals surface area contributed by atoms with Crippen LogP contribution in [0.1, 0.15) is 19.4 Å². The quantitative estimate of drug-likeness (QED) is 0.861. The Bertz CT molecular complexity index is 760. The van der Waals surface area contributed by atoms with E-state index in [1.54, 1.807) is 24.7 Å². The molecule has 0 fully saturated rings.